The van der Waals surface area contributed by atoms with Crippen LogP contribution in [0.1, 0.15) is 36.1 Å². The van der Waals surface area contributed by atoms with Crippen molar-refractivity contribution in [1.29, 1.82) is 0 Å². The van der Waals surface area contributed by atoms with Crippen molar-refractivity contribution >= 4 is 23.4 Å². The lowest BCUT2D eigenvalue weighted by molar-refractivity contribution is -0.136. The molecule has 8 heteroatoms. The fourth-order valence-electron chi connectivity index (χ4n) is 4.64. The van der Waals surface area contributed by atoms with Crippen LogP contribution in [0.2, 0.25) is 0 Å². The van der Waals surface area contributed by atoms with Crippen LogP contribution in [0.15, 0.2) is 77.4 Å². The van der Waals surface area contributed by atoms with E-state index in [2.05, 4.69) is 15.8 Å². The molecule has 1 amide bonds. The highest BCUT2D eigenvalue weighted by Crippen LogP contribution is 2.42. The highest BCUT2D eigenvalue weighted by Gasteiger charge is 2.24. The number of rotatable bonds is 7. The zero-order valence-corrected chi connectivity index (χ0v) is 20.4. The maximum absolute atomic E-state index is 12.6. The Morgan fingerprint density at radius 3 is 2.59 bits per heavy atom. The van der Waals surface area contributed by atoms with E-state index < -0.39 is 18.2 Å². The second kappa shape index (κ2) is 10.6. The Morgan fingerprint density at radius 1 is 1.08 bits per heavy atom. The Balaban J connectivity index is 1.41. The molecule has 3 N–H and O–H groups in total. The number of benzene rings is 3. The lowest BCUT2D eigenvalue weighted by Crippen LogP contribution is -2.17. The van der Waals surface area contributed by atoms with Crippen LogP contribution >= 0.6 is 0 Å². The number of nitrogens with one attached hydrogen (secondary N) is 2. The van der Waals surface area contributed by atoms with E-state index in [1.165, 1.54) is 6.20 Å². The molecule has 0 fully saturated rings. The molecule has 2 heterocycles. The molecule has 1 aliphatic heterocycles. The molecule has 1 aliphatic rings. The van der Waals surface area contributed by atoms with Crippen LogP contribution in [0.4, 0.5) is 16.2 Å². The van der Waals surface area contributed by atoms with Gasteiger partial charge in [0, 0.05) is 17.8 Å². The van der Waals surface area contributed by atoms with Crippen LogP contribution in [-0.4, -0.2) is 28.9 Å². The SMILES string of the molecule is CC(OC(=O)Nc1cnoc1-c1ccc(-c2ccc(CC(=O)O)cc2)c2c1NCCC2)c1ccccc1. The average molecular weight is 498 g/mol. The fraction of sp³-hybridized carbons (Fsp3) is 0.207. The van der Waals surface area contributed by atoms with Gasteiger partial charge in [-0.05, 0) is 53.6 Å². The second-order valence-electron chi connectivity index (χ2n) is 8.96. The maximum Gasteiger partial charge on any atom is 0.412 e. The van der Waals surface area contributed by atoms with Gasteiger partial charge in [-0.1, -0.05) is 65.8 Å². The van der Waals surface area contributed by atoms with Gasteiger partial charge in [0.25, 0.3) is 0 Å². The number of anilines is 2. The number of carbonyl (C=O) groups excluding carboxylic acids is 1. The lowest BCUT2D eigenvalue weighted by atomic mass is 9.89. The number of amides is 1. The Kier molecular flexibility index (Phi) is 6.89. The zero-order chi connectivity index (χ0) is 25.8. The molecule has 1 aromatic heterocycles. The second-order valence-corrected chi connectivity index (χ2v) is 8.96. The molecular formula is C29H27N3O5. The lowest BCUT2D eigenvalue weighted by Gasteiger charge is -2.24. The first-order valence-electron chi connectivity index (χ1n) is 12.2. The van der Waals surface area contributed by atoms with Gasteiger partial charge in [-0.15, -0.1) is 0 Å². The maximum atomic E-state index is 12.6. The van der Waals surface area contributed by atoms with Gasteiger partial charge in [0.05, 0.1) is 12.6 Å². The minimum absolute atomic E-state index is 0.00723. The number of fused-ring (bicyclic) bond motifs is 1. The van der Waals surface area contributed by atoms with E-state index in [-0.39, 0.29) is 6.42 Å². The largest absolute Gasteiger partial charge is 0.481 e. The Labute approximate surface area is 214 Å². The number of nitrogens with zero attached hydrogens (tertiary/aromatic N) is 1. The number of carboxylic acids is 1. The fourth-order valence-corrected chi connectivity index (χ4v) is 4.64. The molecule has 5 rings (SSSR count). The van der Waals surface area contributed by atoms with Gasteiger partial charge in [-0.3, -0.25) is 10.1 Å². The van der Waals surface area contributed by atoms with Crippen molar-refractivity contribution in [3.8, 4) is 22.5 Å². The molecule has 0 radical (unpaired) electrons. The highest BCUT2D eigenvalue weighted by molar-refractivity contribution is 5.94. The third kappa shape index (κ3) is 5.33. The monoisotopic (exact) mass is 497 g/mol. The summed E-state index contributed by atoms with van der Waals surface area (Å²) in [7, 11) is 0. The summed E-state index contributed by atoms with van der Waals surface area (Å²) in [6, 6.07) is 21.1. The normalized spacial score (nSPS) is 13.2. The summed E-state index contributed by atoms with van der Waals surface area (Å²) in [5.41, 5.74) is 7.02. The van der Waals surface area contributed by atoms with Crippen molar-refractivity contribution < 1.29 is 24.0 Å². The first-order valence-corrected chi connectivity index (χ1v) is 12.2. The number of ether oxygens (including phenoxy) is 1. The van der Waals surface area contributed by atoms with Gasteiger partial charge in [-0.25, -0.2) is 4.79 Å². The van der Waals surface area contributed by atoms with Gasteiger partial charge in [0.1, 0.15) is 11.8 Å². The van der Waals surface area contributed by atoms with Gasteiger partial charge >= 0.3 is 12.1 Å². The van der Waals surface area contributed by atoms with Crippen LogP contribution < -0.4 is 10.6 Å². The number of carboxylic acid groups (broad SMARTS) is 1. The van der Waals surface area contributed by atoms with Crippen LogP contribution in [0, 0.1) is 0 Å². The van der Waals surface area contributed by atoms with Crippen LogP contribution in [0.5, 0.6) is 0 Å². The molecule has 4 aromatic rings. The van der Waals surface area contributed by atoms with Crippen molar-refractivity contribution in [3.05, 3.63) is 89.6 Å². The zero-order valence-electron chi connectivity index (χ0n) is 20.4. The molecule has 1 atom stereocenters. The molecule has 0 saturated carbocycles. The minimum atomic E-state index is -0.853. The van der Waals surface area contributed by atoms with E-state index in [0.717, 1.165) is 58.5 Å². The van der Waals surface area contributed by atoms with Crippen molar-refractivity contribution in [2.75, 3.05) is 17.2 Å². The van der Waals surface area contributed by atoms with Crippen molar-refractivity contribution in [2.45, 2.75) is 32.3 Å². The average Bonchev–Trinajstić information content (AvgIpc) is 3.36. The number of hydrogen-bond donors (Lipinski definition) is 3. The topological polar surface area (TPSA) is 114 Å². The van der Waals surface area contributed by atoms with E-state index in [9.17, 15) is 9.59 Å². The van der Waals surface area contributed by atoms with E-state index in [0.29, 0.717) is 11.4 Å². The minimum Gasteiger partial charge on any atom is -0.481 e. The summed E-state index contributed by atoms with van der Waals surface area (Å²) in [5, 5.41) is 19.2. The van der Waals surface area contributed by atoms with Crippen LogP contribution in [0.25, 0.3) is 22.5 Å². The number of aromatic nitrogens is 1. The first kappa shape index (κ1) is 24.1. The number of hydrogen-bond acceptors (Lipinski definition) is 6. The van der Waals surface area contributed by atoms with Gasteiger partial charge in [0.15, 0.2) is 5.76 Å². The van der Waals surface area contributed by atoms with Crippen molar-refractivity contribution in [1.82, 2.24) is 5.16 Å². The quantitative estimate of drug-likeness (QED) is 0.274. The van der Waals surface area contributed by atoms with Gasteiger partial charge in [0.2, 0.25) is 0 Å². The van der Waals surface area contributed by atoms with E-state index >= 15 is 0 Å². The predicted octanol–water partition coefficient (Wildman–Crippen LogP) is 6.30. The molecule has 37 heavy (non-hydrogen) atoms. The van der Waals surface area contributed by atoms with E-state index in [4.69, 9.17) is 14.4 Å². The Bertz CT molecular complexity index is 1410. The third-order valence-corrected chi connectivity index (χ3v) is 6.44. The Morgan fingerprint density at radius 2 is 1.84 bits per heavy atom. The van der Waals surface area contributed by atoms with Crippen molar-refractivity contribution in [3.63, 3.8) is 0 Å². The molecule has 3 aromatic carbocycles. The standard InChI is InChI=1S/C29H27N3O5/c1-18(20-6-3-2-4-7-20)36-29(35)32-25-17-31-37-28(25)24-14-13-22(23-8-5-15-30-27(23)24)21-11-9-19(10-12-21)16-26(33)34/h2-4,6-7,9-14,17-18,30H,5,8,15-16H2,1H3,(H,32,35)(H,33,34). The molecule has 0 bridgehead atoms. The summed E-state index contributed by atoms with van der Waals surface area (Å²) in [6.07, 6.45) is 2.29. The van der Waals surface area contributed by atoms with Gasteiger partial charge < -0.3 is 19.7 Å². The molecule has 0 aliphatic carbocycles. The van der Waals surface area contributed by atoms with Crippen LogP contribution in [-0.2, 0) is 22.4 Å². The summed E-state index contributed by atoms with van der Waals surface area (Å²) >= 11 is 0. The van der Waals surface area contributed by atoms with Crippen LogP contribution in [0.3, 0.4) is 0 Å². The smallest absolute Gasteiger partial charge is 0.412 e. The summed E-state index contributed by atoms with van der Waals surface area (Å²) in [4.78, 5) is 23.7. The molecule has 1 unspecified atom stereocenters. The molecule has 0 saturated heterocycles. The predicted molar refractivity (Wildman–Crippen MR) is 140 cm³/mol. The Hall–Kier alpha value is -4.59. The van der Waals surface area contributed by atoms with E-state index in [1.54, 1.807) is 0 Å². The summed E-state index contributed by atoms with van der Waals surface area (Å²) in [5.74, 6) is -0.410. The number of aliphatic carboxylic acids is 1. The highest BCUT2D eigenvalue weighted by atomic mass is 16.6. The molecular weight excluding hydrogens is 470 g/mol. The molecule has 0 spiro atoms. The van der Waals surface area contributed by atoms with Crippen molar-refractivity contribution in [2.24, 2.45) is 0 Å². The third-order valence-electron chi connectivity index (χ3n) is 6.44. The van der Waals surface area contributed by atoms with Gasteiger partial charge in [-0.2, -0.15) is 0 Å². The summed E-state index contributed by atoms with van der Waals surface area (Å²) < 4.78 is 11.1. The van der Waals surface area contributed by atoms with E-state index in [1.807, 2.05) is 73.7 Å². The summed E-state index contributed by atoms with van der Waals surface area (Å²) in [6.45, 7) is 2.63. The first-order chi connectivity index (χ1) is 18.0. The molecule has 8 nitrogen and oxygen atoms in total. The number of carbonyl (C=O) groups is 2. The molecule has 188 valence electrons.